The van der Waals surface area contributed by atoms with Gasteiger partial charge in [0.25, 0.3) is 0 Å². The molecule has 108 valence electrons. The molecule has 0 aliphatic heterocycles. The number of aromatic amines is 1. The van der Waals surface area contributed by atoms with E-state index in [1.54, 1.807) is 6.20 Å². The number of fused-ring (bicyclic) bond motifs is 1. The van der Waals surface area contributed by atoms with E-state index in [-0.39, 0.29) is 30.3 Å². The zero-order valence-electron chi connectivity index (χ0n) is 11.1. The smallest absolute Gasteiger partial charge is 0.227 e. The normalized spacial score (nSPS) is 22.2. The van der Waals surface area contributed by atoms with Gasteiger partial charge in [-0.15, -0.1) is 12.4 Å². The molecule has 3 rings (SSSR count). The minimum absolute atomic E-state index is 0. The summed E-state index contributed by atoms with van der Waals surface area (Å²) < 4.78 is 0. The van der Waals surface area contributed by atoms with Crippen molar-refractivity contribution in [1.82, 2.24) is 10.2 Å². The summed E-state index contributed by atoms with van der Waals surface area (Å²) in [5, 5.41) is 10.9. The fraction of sp³-hybridized carbons (Fsp3) is 0.429. The average Bonchev–Trinajstić information content (AvgIpc) is 2.86. The number of nitrogens with one attached hydrogen (secondary N) is 2. The molecular weight excluding hydrogens is 276 g/mol. The third-order valence-electron chi connectivity index (χ3n) is 3.80. The van der Waals surface area contributed by atoms with Gasteiger partial charge in [-0.25, -0.2) is 0 Å². The number of anilines is 1. The maximum absolute atomic E-state index is 12.2. The Morgan fingerprint density at radius 3 is 3.05 bits per heavy atom. The van der Waals surface area contributed by atoms with Crippen molar-refractivity contribution in [3.8, 4) is 0 Å². The lowest BCUT2D eigenvalue weighted by Gasteiger charge is -2.25. The molecule has 0 radical (unpaired) electrons. The number of hydrogen-bond acceptors (Lipinski definition) is 3. The number of nitrogens with zero attached hydrogens (tertiary/aromatic N) is 1. The van der Waals surface area contributed by atoms with Crippen LogP contribution in [0.15, 0.2) is 24.4 Å². The molecule has 1 amide bonds. The highest BCUT2D eigenvalue weighted by Gasteiger charge is 2.25. The largest absolute Gasteiger partial charge is 0.328 e. The van der Waals surface area contributed by atoms with E-state index < -0.39 is 0 Å². The van der Waals surface area contributed by atoms with Gasteiger partial charge in [0.2, 0.25) is 5.91 Å². The maximum Gasteiger partial charge on any atom is 0.227 e. The Hall–Kier alpha value is -1.59. The molecule has 1 saturated carbocycles. The van der Waals surface area contributed by atoms with Crippen LogP contribution in [0, 0.1) is 5.92 Å². The number of nitrogens with two attached hydrogens (primary N) is 1. The predicted octanol–water partition coefficient (Wildman–Crippen LogP) is 2.44. The van der Waals surface area contributed by atoms with E-state index in [0.717, 1.165) is 42.3 Å². The topological polar surface area (TPSA) is 83.8 Å². The number of halogens is 1. The molecule has 1 aromatic heterocycles. The summed E-state index contributed by atoms with van der Waals surface area (Å²) in [6.45, 7) is 0. The van der Waals surface area contributed by atoms with Crippen LogP contribution in [0.5, 0.6) is 0 Å². The van der Waals surface area contributed by atoms with Crippen LogP contribution in [0.3, 0.4) is 0 Å². The Morgan fingerprint density at radius 1 is 1.40 bits per heavy atom. The predicted molar refractivity (Wildman–Crippen MR) is 81.9 cm³/mol. The summed E-state index contributed by atoms with van der Waals surface area (Å²) in [5.74, 6) is 0.121. The molecule has 5 nitrogen and oxygen atoms in total. The van der Waals surface area contributed by atoms with Crippen LogP contribution in [0.2, 0.25) is 0 Å². The highest BCUT2D eigenvalue weighted by molar-refractivity contribution is 5.94. The number of hydrogen-bond donors (Lipinski definition) is 3. The fourth-order valence-corrected chi connectivity index (χ4v) is 2.72. The SMILES string of the molecule is Cl.NC1CCCC(C(=O)Nc2ccc3cn[nH]c3c2)C1. The second-order valence-corrected chi connectivity index (χ2v) is 5.28. The van der Waals surface area contributed by atoms with Crippen molar-refractivity contribution in [1.29, 1.82) is 0 Å². The van der Waals surface area contributed by atoms with E-state index in [4.69, 9.17) is 5.73 Å². The minimum Gasteiger partial charge on any atom is -0.328 e. The number of carbonyl (C=O) groups excluding carboxylic acids is 1. The average molecular weight is 295 g/mol. The molecule has 0 bridgehead atoms. The van der Waals surface area contributed by atoms with Crippen LogP contribution in [-0.2, 0) is 4.79 Å². The molecule has 0 spiro atoms. The third-order valence-corrected chi connectivity index (χ3v) is 3.80. The molecule has 20 heavy (non-hydrogen) atoms. The standard InChI is InChI=1S/C14H18N4O.ClH/c15-11-3-1-2-9(6-11)14(19)17-12-5-4-10-8-16-18-13(10)7-12;/h4-5,7-9,11H,1-3,6,15H2,(H,16,18)(H,17,19);1H. The lowest BCUT2D eigenvalue weighted by Crippen LogP contribution is -2.34. The van der Waals surface area contributed by atoms with Crippen LogP contribution in [-0.4, -0.2) is 22.1 Å². The lowest BCUT2D eigenvalue weighted by atomic mass is 9.85. The molecule has 2 atom stereocenters. The van der Waals surface area contributed by atoms with Crippen molar-refractivity contribution in [2.75, 3.05) is 5.32 Å². The van der Waals surface area contributed by atoms with E-state index >= 15 is 0 Å². The molecule has 4 N–H and O–H groups in total. The number of carbonyl (C=O) groups is 1. The third kappa shape index (κ3) is 3.11. The molecule has 1 heterocycles. The quantitative estimate of drug-likeness (QED) is 0.795. The second-order valence-electron chi connectivity index (χ2n) is 5.28. The Kier molecular flexibility index (Phi) is 4.62. The summed E-state index contributed by atoms with van der Waals surface area (Å²) in [7, 11) is 0. The second kappa shape index (κ2) is 6.24. The number of aromatic nitrogens is 2. The van der Waals surface area contributed by atoms with Gasteiger partial charge in [-0.05, 0) is 37.5 Å². The Balaban J connectivity index is 0.00000147. The van der Waals surface area contributed by atoms with Gasteiger partial charge in [-0.3, -0.25) is 9.89 Å². The molecule has 1 fully saturated rings. The van der Waals surface area contributed by atoms with Gasteiger partial charge in [-0.1, -0.05) is 6.42 Å². The van der Waals surface area contributed by atoms with Crippen LogP contribution in [0.4, 0.5) is 5.69 Å². The Labute approximate surface area is 123 Å². The van der Waals surface area contributed by atoms with Gasteiger partial charge >= 0.3 is 0 Å². The van der Waals surface area contributed by atoms with Crippen LogP contribution in [0.25, 0.3) is 10.9 Å². The summed E-state index contributed by atoms with van der Waals surface area (Å²) in [4.78, 5) is 12.2. The van der Waals surface area contributed by atoms with Gasteiger partial charge in [0.05, 0.1) is 11.7 Å². The summed E-state index contributed by atoms with van der Waals surface area (Å²) in [5.41, 5.74) is 7.66. The molecule has 0 saturated heterocycles. The number of amides is 1. The number of rotatable bonds is 2. The van der Waals surface area contributed by atoms with Gasteiger partial charge in [0.15, 0.2) is 0 Å². The zero-order valence-corrected chi connectivity index (χ0v) is 12.0. The van der Waals surface area contributed by atoms with E-state index in [2.05, 4.69) is 15.5 Å². The van der Waals surface area contributed by atoms with Crippen LogP contribution < -0.4 is 11.1 Å². The first-order valence-electron chi connectivity index (χ1n) is 6.72. The molecule has 1 aromatic carbocycles. The first-order valence-corrected chi connectivity index (χ1v) is 6.72. The van der Waals surface area contributed by atoms with Crippen molar-refractivity contribution in [2.24, 2.45) is 11.7 Å². The van der Waals surface area contributed by atoms with Gasteiger partial charge in [-0.2, -0.15) is 5.10 Å². The maximum atomic E-state index is 12.2. The lowest BCUT2D eigenvalue weighted by molar-refractivity contribution is -0.120. The molecule has 2 unspecified atom stereocenters. The highest BCUT2D eigenvalue weighted by atomic mass is 35.5. The first-order chi connectivity index (χ1) is 9.22. The van der Waals surface area contributed by atoms with Crippen molar-refractivity contribution in [2.45, 2.75) is 31.7 Å². The van der Waals surface area contributed by atoms with Crippen molar-refractivity contribution in [3.05, 3.63) is 24.4 Å². The Morgan fingerprint density at radius 2 is 2.25 bits per heavy atom. The van der Waals surface area contributed by atoms with Crippen molar-refractivity contribution >= 4 is 34.9 Å². The van der Waals surface area contributed by atoms with Crippen LogP contribution >= 0.6 is 12.4 Å². The number of H-pyrrole nitrogens is 1. The molecule has 1 aliphatic carbocycles. The Bertz CT molecular complexity index is 598. The summed E-state index contributed by atoms with van der Waals surface area (Å²) in [6, 6.07) is 5.92. The molecular formula is C14H19ClN4O. The monoisotopic (exact) mass is 294 g/mol. The first kappa shape index (κ1) is 14.8. The van der Waals surface area contributed by atoms with Crippen molar-refractivity contribution in [3.63, 3.8) is 0 Å². The van der Waals surface area contributed by atoms with Gasteiger partial charge in [0, 0.05) is 23.0 Å². The summed E-state index contributed by atoms with van der Waals surface area (Å²) >= 11 is 0. The van der Waals surface area contributed by atoms with Gasteiger partial charge in [0.1, 0.15) is 0 Å². The molecule has 1 aliphatic rings. The van der Waals surface area contributed by atoms with Crippen LogP contribution in [0.1, 0.15) is 25.7 Å². The van der Waals surface area contributed by atoms with E-state index in [1.807, 2.05) is 18.2 Å². The minimum atomic E-state index is 0. The van der Waals surface area contributed by atoms with Gasteiger partial charge < -0.3 is 11.1 Å². The summed E-state index contributed by atoms with van der Waals surface area (Å²) in [6.07, 6.45) is 5.56. The number of benzene rings is 1. The van der Waals surface area contributed by atoms with E-state index in [0.29, 0.717) is 0 Å². The van der Waals surface area contributed by atoms with E-state index in [1.165, 1.54) is 0 Å². The fourth-order valence-electron chi connectivity index (χ4n) is 2.72. The van der Waals surface area contributed by atoms with Crippen molar-refractivity contribution < 1.29 is 4.79 Å². The molecule has 2 aromatic rings. The van der Waals surface area contributed by atoms with E-state index in [9.17, 15) is 4.79 Å². The zero-order chi connectivity index (χ0) is 13.2. The highest BCUT2D eigenvalue weighted by Crippen LogP contribution is 2.25. The molecule has 6 heteroatoms.